The molecule has 9 heteroatoms. The Morgan fingerprint density at radius 1 is 1.16 bits per heavy atom. The molecule has 0 saturated heterocycles. The fraction of sp³-hybridized carbons (Fsp3) is 0.357. The number of aliphatic hydroxyl groups is 1. The Morgan fingerprint density at radius 3 is 2.62 bits per heavy atom. The second-order valence-electron chi connectivity index (χ2n) is 10.1. The van der Waals surface area contributed by atoms with Crippen LogP contribution in [-0.4, -0.2) is 39.1 Å². The molecule has 2 N–H and O–H groups in total. The van der Waals surface area contributed by atoms with E-state index in [-0.39, 0.29) is 11.4 Å². The molecule has 1 saturated carbocycles. The van der Waals surface area contributed by atoms with Crippen molar-refractivity contribution in [3.8, 4) is 5.69 Å². The minimum Gasteiger partial charge on any atom is -0.389 e. The van der Waals surface area contributed by atoms with Gasteiger partial charge in [0.05, 0.1) is 23.2 Å². The number of rotatable bonds is 6. The lowest BCUT2D eigenvalue weighted by Gasteiger charge is -2.42. The summed E-state index contributed by atoms with van der Waals surface area (Å²) in [5, 5.41) is 18.3. The standard InChI is InChI=1S/C28H27F4N3O2/c1-26-15-19-16-34-35(22-8-6-21(29)7-9-22)24(19)14-20(26)11-13-27(26,37)12-10-18-4-2-3-5-23(18)25(36)33-17-28(30,31)32/h2-9,14,16,37H,10-13,15,17H2,1H3,(H,33,36)/t26-,27-/m0/s1. The van der Waals surface area contributed by atoms with Gasteiger partial charge >= 0.3 is 6.18 Å². The van der Waals surface area contributed by atoms with Gasteiger partial charge in [0.25, 0.3) is 5.91 Å². The zero-order chi connectivity index (χ0) is 26.4. The van der Waals surface area contributed by atoms with Crippen molar-refractivity contribution >= 4 is 12.0 Å². The number of hydrogen-bond acceptors (Lipinski definition) is 3. The maximum absolute atomic E-state index is 13.4. The number of aryl methyl sites for hydroxylation is 1. The molecule has 5 nitrogen and oxygen atoms in total. The molecular weight excluding hydrogens is 486 g/mol. The average molecular weight is 514 g/mol. The van der Waals surface area contributed by atoms with E-state index in [0.29, 0.717) is 37.7 Å². The molecule has 5 rings (SSSR count). The van der Waals surface area contributed by atoms with Crippen molar-refractivity contribution in [1.82, 2.24) is 15.1 Å². The van der Waals surface area contributed by atoms with Gasteiger partial charge in [0.1, 0.15) is 12.4 Å². The topological polar surface area (TPSA) is 67.1 Å². The predicted octanol–water partition coefficient (Wildman–Crippen LogP) is 5.41. The van der Waals surface area contributed by atoms with E-state index in [0.717, 1.165) is 22.5 Å². The van der Waals surface area contributed by atoms with Crippen molar-refractivity contribution < 1.29 is 27.5 Å². The molecule has 2 aliphatic carbocycles. The second kappa shape index (κ2) is 9.13. The maximum Gasteiger partial charge on any atom is 0.405 e. The van der Waals surface area contributed by atoms with Gasteiger partial charge < -0.3 is 10.4 Å². The first-order chi connectivity index (χ1) is 17.5. The fourth-order valence-corrected chi connectivity index (χ4v) is 5.70. The van der Waals surface area contributed by atoms with Crippen LogP contribution in [0.4, 0.5) is 17.6 Å². The van der Waals surface area contributed by atoms with Crippen molar-refractivity contribution in [1.29, 1.82) is 0 Å². The Hall–Kier alpha value is -3.46. The summed E-state index contributed by atoms with van der Waals surface area (Å²) in [7, 11) is 0. The van der Waals surface area contributed by atoms with E-state index in [9.17, 15) is 27.5 Å². The lowest BCUT2D eigenvalue weighted by atomic mass is 9.65. The number of carbonyl (C=O) groups is 1. The van der Waals surface area contributed by atoms with E-state index in [1.165, 1.54) is 18.2 Å². The molecule has 2 aliphatic rings. The maximum atomic E-state index is 13.4. The summed E-state index contributed by atoms with van der Waals surface area (Å²) in [5.41, 5.74) is 2.89. The number of fused-ring (bicyclic) bond motifs is 2. The quantitative estimate of drug-likeness (QED) is 0.434. The van der Waals surface area contributed by atoms with Crippen LogP contribution in [0.5, 0.6) is 0 Å². The fourth-order valence-electron chi connectivity index (χ4n) is 5.70. The Balaban J connectivity index is 1.36. The van der Waals surface area contributed by atoms with Crippen LogP contribution in [-0.2, 0) is 12.8 Å². The van der Waals surface area contributed by atoms with Gasteiger partial charge in [-0.1, -0.05) is 30.7 Å². The zero-order valence-corrected chi connectivity index (χ0v) is 20.3. The summed E-state index contributed by atoms with van der Waals surface area (Å²) in [5.74, 6) is -1.11. The average Bonchev–Trinajstić information content (AvgIpc) is 3.37. The highest BCUT2D eigenvalue weighted by Gasteiger charge is 2.54. The normalized spacial score (nSPS) is 22.8. The van der Waals surface area contributed by atoms with Crippen molar-refractivity contribution in [3.63, 3.8) is 0 Å². The summed E-state index contributed by atoms with van der Waals surface area (Å²) in [4.78, 5) is 12.4. The van der Waals surface area contributed by atoms with Gasteiger partial charge in [0.2, 0.25) is 0 Å². The van der Waals surface area contributed by atoms with Crippen molar-refractivity contribution in [2.75, 3.05) is 6.54 Å². The molecule has 194 valence electrons. The molecule has 3 aromatic rings. The monoisotopic (exact) mass is 513 g/mol. The Kier molecular flexibility index (Phi) is 6.22. The Morgan fingerprint density at radius 2 is 1.89 bits per heavy atom. The van der Waals surface area contributed by atoms with Crippen molar-refractivity contribution in [2.24, 2.45) is 5.41 Å². The molecule has 37 heavy (non-hydrogen) atoms. The minimum absolute atomic E-state index is 0.181. The van der Waals surface area contributed by atoms with Crippen molar-refractivity contribution in [2.45, 2.75) is 50.8 Å². The first kappa shape index (κ1) is 25.2. The molecule has 2 atom stereocenters. The van der Waals surface area contributed by atoms with Crippen LogP contribution < -0.4 is 5.32 Å². The molecule has 0 aliphatic heterocycles. The number of alkyl halides is 3. The van der Waals surface area contributed by atoms with Gasteiger partial charge in [-0.25, -0.2) is 9.07 Å². The van der Waals surface area contributed by atoms with E-state index in [1.807, 2.05) is 12.2 Å². The summed E-state index contributed by atoms with van der Waals surface area (Å²) >= 11 is 0. The van der Waals surface area contributed by atoms with Gasteiger partial charge in [-0.2, -0.15) is 18.3 Å². The number of aromatic nitrogens is 2. The minimum atomic E-state index is -4.49. The van der Waals surface area contributed by atoms with Gasteiger partial charge in [-0.3, -0.25) is 4.79 Å². The summed E-state index contributed by atoms with van der Waals surface area (Å²) in [6.45, 7) is 0.635. The second-order valence-corrected chi connectivity index (χ2v) is 10.1. The largest absolute Gasteiger partial charge is 0.405 e. The number of hydrogen-bond donors (Lipinski definition) is 2. The van der Waals surface area contributed by atoms with Crippen LogP contribution in [0, 0.1) is 11.2 Å². The van der Waals surface area contributed by atoms with Crippen LogP contribution >= 0.6 is 0 Å². The number of nitrogens with zero attached hydrogens (tertiary/aromatic N) is 2. The van der Waals surface area contributed by atoms with Crippen LogP contribution in [0.2, 0.25) is 0 Å². The van der Waals surface area contributed by atoms with Gasteiger partial charge in [-0.15, -0.1) is 0 Å². The number of carbonyl (C=O) groups excluding carboxylic acids is 1. The van der Waals surface area contributed by atoms with Gasteiger partial charge in [0, 0.05) is 11.0 Å². The molecule has 0 radical (unpaired) electrons. The third kappa shape index (κ3) is 4.68. The number of halogens is 4. The first-order valence-corrected chi connectivity index (χ1v) is 12.2. The van der Waals surface area contributed by atoms with E-state index in [2.05, 4.69) is 11.2 Å². The summed E-state index contributed by atoms with van der Waals surface area (Å²) in [6, 6.07) is 12.7. The molecule has 0 bridgehead atoms. The van der Waals surface area contributed by atoms with Crippen LogP contribution in [0.1, 0.15) is 53.4 Å². The molecule has 2 aromatic carbocycles. The summed E-state index contributed by atoms with van der Waals surface area (Å²) < 4.78 is 52.9. The van der Waals surface area contributed by atoms with Crippen LogP contribution in [0.15, 0.2) is 60.3 Å². The van der Waals surface area contributed by atoms with E-state index in [1.54, 1.807) is 41.2 Å². The molecule has 1 heterocycles. The first-order valence-electron chi connectivity index (χ1n) is 12.2. The van der Waals surface area contributed by atoms with Gasteiger partial charge in [0.15, 0.2) is 0 Å². The van der Waals surface area contributed by atoms with Crippen LogP contribution in [0.25, 0.3) is 11.8 Å². The lowest BCUT2D eigenvalue weighted by molar-refractivity contribution is -0.123. The van der Waals surface area contributed by atoms with E-state index < -0.39 is 29.6 Å². The lowest BCUT2D eigenvalue weighted by Crippen LogP contribution is -2.45. The molecule has 0 spiro atoms. The molecule has 0 unspecified atom stereocenters. The van der Waals surface area contributed by atoms with Crippen molar-refractivity contribution in [3.05, 3.63) is 88.5 Å². The Labute approximate surface area is 211 Å². The smallest absolute Gasteiger partial charge is 0.389 e. The van der Waals surface area contributed by atoms with Crippen LogP contribution in [0.3, 0.4) is 0 Å². The number of benzene rings is 2. The number of nitrogens with one attached hydrogen (secondary N) is 1. The SMILES string of the molecule is C[C@]12Cc3cnn(-c4ccc(F)cc4)c3C=C1CC[C@@]2(O)CCc1ccccc1C(=O)NCC(F)(F)F. The molecule has 1 aromatic heterocycles. The molecule has 1 fully saturated rings. The third-order valence-electron chi connectivity index (χ3n) is 7.88. The summed E-state index contributed by atoms with van der Waals surface area (Å²) in [6.07, 6.45) is 1.83. The van der Waals surface area contributed by atoms with E-state index >= 15 is 0 Å². The van der Waals surface area contributed by atoms with E-state index in [4.69, 9.17) is 0 Å². The number of amides is 1. The van der Waals surface area contributed by atoms with Gasteiger partial charge in [-0.05, 0) is 79.6 Å². The predicted molar refractivity (Wildman–Crippen MR) is 131 cm³/mol. The Bertz CT molecular complexity index is 1360. The highest BCUT2D eigenvalue weighted by Crippen LogP contribution is 2.56. The highest BCUT2D eigenvalue weighted by molar-refractivity contribution is 5.95. The highest BCUT2D eigenvalue weighted by atomic mass is 19.4. The molecular formula is C28H27F4N3O2. The third-order valence-corrected chi connectivity index (χ3v) is 7.88. The molecule has 1 amide bonds. The zero-order valence-electron chi connectivity index (χ0n) is 20.3.